The average molecular weight is 407 g/mol. The molecule has 2 aromatic heterocycles. The van der Waals surface area contributed by atoms with Gasteiger partial charge in [0, 0.05) is 18.7 Å². The highest BCUT2D eigenvalue weighted by atomic mass is 19.1. The van der Waals surface area contributed by atoms with E-state index in [1.165, 1.54) is 12.4 Å². The van der Waals surface area contributed by atoms with Gasteiger partial charge in [-0.05, 0) is 12.1 Å². The second-order valence-corrected chi connectivity index (χ2v) is 6.50. The predicted molar refractivity (Wildman–Crippen MR) is 93.2 cm³/mol. The first-order chi connectivity index (χ1) is 13.9. The first-order valence-electron chi connectivity index (χ1n) is 8.54. The number of aromatic amines is 1. The highest BCUT2D eigenvalue weighted by Crippen LogP contribution is 2.28. The van der Waals surface area contributed by atoms with Crippen molar-refractivity contribution in [2.24, 2.45) is 0 Å². The van der Waals surface area contributed by atoms with Crippen LogP contribution in [0.15, 0.2) is 40.2 Å². The third-order valence-electron chi connectivity index (χ3n) is 4.54. The molecule has 3 N–H and O–H groups in total. The summed E-state index contributed by atoms with van der Waals surface area (Å²) < 4.78 is 34.4. The van der Waals surface area contributed by atoms with Gasteiger partial charge >= 0.3 is 5.69 Å². The zero-order chi connectivity index (χ0) is 20.7. The molecular weight excluding hydrogens is 392 g/mol. The van der Waals surface area contributed by atoms with E-state index >= 15 is 0 Å². The zero-order valence-electron chi connectivity index (χ0n) is 14.7. The Labute approximate surface area is 160 Å². The molecule has 0 aliphatic carbocycles. The highest BCUT2D eigenvalue weighted by Gasteiger charge is 2.35. The zero-order valence-corrected chi connectivity index (χ0v) is 14.7. The van der Waals surface area contributed by atoms with Crippen LogP contribution >= 0.6 is 0 Å². The van der Waals surface area contributed by atoms with Crippen molar-refractivity contribution in [1.82, 2.24) is 24.5 Å². The summed E-state index contributed by atoms with van der Waals surface area (Å²) in [5.74, 6) is -1.61. The Bertz CT molecular complexity index is 1150. The van der Waals surface area contributed by atoms with E-state index < -0.39 is 47.9 Å². The lowest BCUT2D eigenvalue weighted by atomic mass is 10.2. The van der Waals surface area contributed by atoms with Gasteiger partial charge in [-0.15, -0.1) is 5.10 Å². The normalized spacial score (nSPS) is 21.6. The van der Waals surface area contributed by atoms with Gasteiger partial charge in [-0.1, -0.05) is 5.21 Å². The van der Waals surface area contributed by atoms with E-state index in [0.717, 1.165) is 21.4 Å². The lowest BCUT2D eigenvalue weighted by molar-refractivity contribution is -0.0458. The third kappa shape index (κ3) is 3.60. The van der Waals surface area contributed by atoms with Crippen LogP contribution in [0, 0.1) is 11.6 Å². The van der Waals surface area contributed by atoms with E-state index in [9.17, 15) is 28.6 Å². The number of rotatable bonds is 4. The van der Waals surface area contributed by atoms with Crippen molar-refractivity contribution < 1.29 is 23.7 Å². The van der Waals surface area contributed by atoms with Crippen molar-refractivity contribution in [2.75, 3.05) is 6.61 Å². The van der Waals surface area contributed by atoms with Gasteiger partial charge in [0.1, 0.15) is 29.7 Å². The quantitative estimate of drug-likeness (QED) is 0.541. The third-order valence-corrected chi connectivity index (χ3v) is 4.54. The van der Waals surface area contributed by atoms with E-state index in [1.54, 1.807) is 0 Å². The summed E-state index contributed by atoms with van der Waals surface area (Å²) in [7, 11) is 0. The molecule has 152 valence electrons. The van der Waals surface area contributed by atoms with Crippen LogP contribution in [-0.2, 0) is 4.74 Å². The summed E-state index contributed by atoms with van der Waals surface area (Å²) in [6.45, 7) is -0.429. The van der Waals surface area contributed by atoms with Crippen LogP contribution in [0.25, 0.3) is 16.9 Å². The van der Waals surface area contributed by atoms with Crippen molar-refractivity contribution in [2.45, 2.75) is 24.9 Å². The molecule has 3 aromatic rings. The van der Waals surface area contributed by atoms with Gasteiger partial charge in [0.05, 0.1) is 30.2 Å². The number of nitrogens with zero attached hydrogens (tertiary/aromatic N) is 4. The lowest BCUT2D eigenvalue weighted by Gasteiger charge is -2.14. The van der Waals surface area contributed by atoms with Gasteiger partial charge in [-0.2, -0.15) is 0 Å². The molecule has 0 saturated carbocycles. The highest BCUT2D eigenvalue weighted by molar-refractivity contribution is 5.55. The van der Waals surface area contributed by atoms with Crippen molar-refractivity contribution in [3.63, 3.8) is 0 Å². The van der Waals surface area contributed by atoms with Gasteiger partial charge in [0.25, 0.3) is 5.56 Å². The summed E-state index contributed by atoms with van der Waals surface area (Å²) in [4.78, 5) is 26.6. The van der Waals surface area contributed by atoms with Crippen molar-refractivity contribution in [3.05, 3.63) is 63.1 Å². The van der Waals surface area contributed by atoms with E-state index in [4.69, 9.17) is 4.74 Å². The molecule has 1 aliphatic heterocycles. The van der Waals surface area contributed by atoms with Crippen LogP contribution in [0.4, 0.5) is 8.78 Å². The molecule has 1 aliphatic rings. The van der Waals surface area contributed by atoms with E-state index in [2.05, 4.69) is 15.3 Å². The first kappa shape index (κ1) is 19.1. The summed E-state index contributed by atoms with van der Waals surface area (Å²) in [6.07, 6.45) is -0.237. The SMILES string of the molecule is O=c1[nH]c(=O)n(C2CC(O)C(CO)O2)cc1-c1cn(-c2cc(F)cc(F)c2)nn1. The summed E-state index contributed by atoms with van der Waals surface area (Å²) in [5, 5.41) is 26.7. The Morgan fingerprint density at radius 1 is 1.21 bits per heavy atom. The molecule has 1 fully saturated rings. The molecule has 0 radical (unpaired) electrons. The van der Waals surface area contributed by atoms with Gasteiger partial charge in [0.2, 0.25) is 0 Å². The number of halogens is 2. The van der Waals surface area contributed by atoms with Gasteiger partial charge in [0.15, 0.2) is 0 Å². The fourth-order valence-corrected chi connectivity index (χ4v) is 3.12. The number of benzene rings is 1. The molecule has 4 rings (SSSR count). The summed E-state index contributed by atoms with van der Waals surface area (Å²) in [6, 6.07) is 2.78. The topological polar surface area (TPSA) is 135 Å². The van der Waals surface area contributed by atoms with Crippen LogP contribution in [0.5, 0.6) is 0 Å². The number of aromatic nitrogens is 5. The van der Waals surface area contributed by atoms with Crippen LogP contribution in [0.3, 0.4) is 0 Å². The second kappa shape index (κ2) is 7.31. The van der Waals surface area contributed by atoms with E-state index in [-0.39, 0.29) is 23.4 Å². The molecule has 3 atom stereocenters. The van der Waals surface area contributed by atoms with Gasteiger partial charge < -0.3 is 14.9 Å². The van der Waals surface area contributed by atoms with Gasteiger partial charge in [-0.25, -0.2) is 18.3 Å². The standard InChI is InChI=1S/C17H15F2N5O5/c18-8-1-9(19)3-10(2-8)24-6-12(21-22-24)11-5-23(17(28)20-16(11)27)15-4-13(26)14(7-25)29-15/h1-3,5-6,13-15,25-26H,4,7H2,(H,20,27,28). The maximum Gasteiger partial charge on any atom is 0.330 e. The number of nitrogens with one attached hydrogen (secondary N) is 1. The fraction of sp³-hybridized carbons (Fsp3) is 0.294. The molecule has 0 spiro atoms. The Morgan fingerprint density at radius 2 is 1.93 bits per heavy atom. The Balaban J connectivity index is 1.72. The number of aliphatic hydroxyl groups is 2. The molecule has 3 unspecified atom stereocenters. The number of hydrogen-bond acceptors (Lipinski definition) is 7. The van der Waals surface area contributed by atoms with Crippen LogP contribution in [-0.4, -0.2) is 53.6 Å². The first-order valence-corrected chi connectivity index (χ1v) is 8.54. The number of ether oxygens (including phenoxy) is 1. The van der Waals surface area contributed by atoms with Crippen molar-refractivity contribution in [1.29, 1.82) is 0 Å². The van der Waals surface area contributed by atoms with Crippen molar-refractivity contribution in [3.8, 4) is 16.9 Å². The maximum atomic E-state index is 13.4. The molecular formula is C17H15F2N5O5. The molecule has 1 saturated heterocycles. The summed E-state index contributed by atoms with van der Waals surface area (Å²) in [5.41, 5.74) is -1.46. The van der Waals surface area contributed by atoms with E-state index in [0.29, 0.717) is 6.07 Å². The van der Waals surface area contributed by atoms with E-state index in [1.807, 2.05) is 0 Å². The summed E-state index contributed by atoms with van der Waals surface area (Å²) >= 11 is 0. The minimum atomic E-state index is -0.976. The molecule has 1 aromatic carbocycles. The lowest BCUT2D eigenvalue weighted by Crippen LogP contribution is -2.33. The predicted octanol–water partition coefficient (Wildman–Crippen LogP) is -0.297. The average Bonchev–Trinajstić information content (AvgIpc) is 3.28. The molecule has 29 heavy (non-hydrogen) atoms. The molecule has 0 amide bonds. The molecule has 3 heterocycles. The Hall–Kier alpha value is -3.22. The monoisotopic (exact) mass is 407 g/mol. The Kier molecular flexibility index (Phi) is 4.82. The maximum absolute atomic E-state index is 13.4. The number of H-pyrrole nitrogens is 1. The van der Waals surface area contributed by atoms with Crippen LogP contribution in [0.2, 0.25) is 0 Å². The number of hydrogen-bond donors (Lipinski definition) is 3. The fourth-order valence-electron chi connectivity index (χ4n) is 3.12. The Morgan fingerprint density at radius 3 is 2.59 bits per heavy atom. The van der Waals surface area contributed by atoms with Crippen LogP contribution < -0.4 is 11.2 Å². The smallest absolute Gasteiger partial charge is 0.330 e. The minimum absolute atomic E-state index is 0.0336. The molecule has 0 bridgehead atoms. The minimum Gasteiger partial charge on any atom is -0.394 e. The number of aliphatic hydroxyl groups excluding tert-OH is 2. The second-order valence-electron chi connectivity index (χ2n) is 6.50. The molecule has 12 heteroatoms. The molecule has 10 nitrogen and oxygen atoms in total. The van der Waals surface area contributed by atoms with Gasteiger partial charge in [-0.3, -0.25) is 14.3 Å². The van der Waals surface area contributed by atoms with Crippen LogP contribution in [0.1, 0.15) is 12.6 Å². The van der Waals surface area contributed by atoms with Crippen molar-refractivity contribution >= 4 is 0 Å². The largest absolute Gasteiger partial charge is 0.394 e.